The predicted molar refractivity (Wildman–Crippen MR) is 53.2 cm³/mol. The number of aromatic nitrogens is 2. The molecule has 16 heavy (non-hydrogen) atoms. The summed E-state index contributed by atoms with van der Waals surface area (Å²) in [5, 5.41) is 4.00. The zero-order valence-corrected chi connectivity index (χ0v) is 9.14. The van der Waals surface area contributed by atoms with Crippen LogP contribution >= 0.6 is 0 Å². The Labute approximate surface area is 91.2 Å². The fourth-order valence-electron chi connectivity index (χ4n) is 1.24. The standard InChI is InChI=1S/C9H14F3N3O/c1-3-4-15-8(7(13)6(2)14-15)16-5-9(10,11)12/h3-5,13H2,1-2H3. The normalized spacial score (nSPS) is 11.8. The lowest BCUT2D eigenvalue weighted by atomic mass is 10.4. The molecule has 1 aromatic rings. The first-order chi connectivity index (χ1) is 7.35. The van der Waals surface area contributed by atoms with Crippen LogP contribution in [0.3, 0.4) is 0 Å². The minimum Gasteiger partial charge on any atom is -0.467 e. The lowest BCUT2D eigenvalue weighted by molar-refractivity contribution is -0.154. The first kappa shape index (κ1) is 12.7. The Morgan fingerprint density at radius 1 is 1.44 bits per heavy atom. The molecule has 0 aromatic carbocycles. The lowest BCUT2D eigenvalue weighted by Crippen LogP contribution is -2.21. The molecule has 0 aliphatic carbocycles. The third-order valence-electron chi connectivity index (χ3n) is 1.93. The molecule has 0 atom stereocenters. The molecule has 0 unspecified atom stereocenters. The van der Waals surface area contributed by atoms with Gasteiger partial charge in [-0.1, -0.05) is 6.92 Å². The van der Waals surface area contributed by atoms with Gasteiger partial charge in [0.15, 0.2) is 6.61 Å². The van der Waals surface area contributed by atoms with Crippen LogP contribution in [0, 0.1) is 6.92 Å². The van der Waals surface area contributed by atoms with Gasteiger partial charge in [-0.05, 0) is 13.3 Å². The van der Waals surface area contributed by atoms with Crippen molar-refractivity contribution >= 4 is 5.69 Å². The van der Waals surface area contributed by atoms with E-state index in [4.69, 9.17) is 5.73 Å². The Morgan fingerprint density at radius 2 is 2.06 bits per heavy atom. The Morgan fingerprint density at radius 3 is 2.56 bits per heavy atom. The molecule has 0 saturated carbocycles. The van der Waals surface area contributed by atoms with E-state index in [1.807, 2.05) is 6.92 Å². The predicted octanol–water partition coefficient (Wildman–Crippen LogP) is 2.12. The quantitative estimate of drug-likeness (QED) is 0.872. The number of ether oxygens (including phenoxy) is 1. The molecule has 1 heterocycles. The van der Waals surface area contributed by atoms with Crippen LogP contribution in [-0.4, -0.2) is 22.6 Å². The highest BCUT2D eigenvalue weighted by Crippen LogP contribution is 2.27. The minimum absolute atomic E-state index is 0.00308. The molecule has 2 N–H and O–H groups in total. The smallest absolute Gasteiger partial charge is 0.422 e. The molecule has 1 rings (SSSR count). The molecular weight excluding hydrogens is 223 g/mol. The average Bonchev–Trinajstić information content (AvgIpc) is 2.40. The van der Waals surface area contributed by atoms with Gasteiger partial charge < -0.3 is 10.5 Å². The Bertz CT molecular complexity index is 360. The van der Waals surface area contributed by atoms with Gasteiger partial charge in [0.1, 0.15) is 5.69 Å². The number of halogens is 3. The van der Waals surface area contributed by atoms with Gasteiger partial charge in [-0.15, -0.1) is 0 Å². The van der Waals surface area contributed by atoms with Crippen molar-refractivity contribution in [2.24, 2.45) is 0 Å². The number of hydrogen-bond donors (Lipinski definition) is 1. The van der Waals surface area contributed by atoms with Gasteiger partial charge in [0, 0.05) is 6.54 Å². The summed E-state index contributed by atoms with van der Waals surface area (Å²) < 4.78 is 42.0. The van der Waals surface area contributed by atoms with Crippen LogP contribution in [0.4, 0.5) is 18.9 Å². The largest absolute Gasteiger partial charge is 0.467 e. The summed E-state index contributed by atoms with van der Waals surface area (Å²) in [6.07, 6.45) is -3.63. The third-order valence-corrected chi connectivity index (χ3v) is 1.93. The van der Waals surface area contributed by atoms with Crippen molar-refractivity contribution in [1.29, 1.82) is 0 Å². The van der Waals surface area contributed by atoms with Gasteiger partial charge in [-0.2, -0.15) is 18.3 Å². The summed E-state index contributed by atoms with van der Waals surface area (Å²) >= 11 is 0. The monoisotopic (exact) mass is 237 g/mol. The average molecular weight is 237 g/mol. The molecule has 0 saturated heterocycles. The van der Waals surface area contributed by atoms with Gasteiger partial charge in [-0.3, -0.25) is 0 Å². The zero-order chi connectivity index (χ0) is 12.3. The second-order valence-corrected chi connectivity index (χ2v) is 3.43. The molecule has 0 bridgehead atoms. The number of rotatable bonds is 4. The lowest BCUT2D eigenvalue weighted by Gasteiger charge is -2.11. The first-order valence-corrected chi connectivity index (χ1v) is 4.87. The molecule has 0 amide bonds. The highest BCUT2D eigenvalue weighted by atomic mass is 19.4. The molecular formula is C9H14F3N3O. The number of nitrogens with zero attached hydrogens (tertiary/aromatic N) is 2. The van der Waals surface area contributed by atoms with Gasteiger partial charge in [-0.25, -0.2) is 4.68 Å². The van der Waals surface area contributed by atoms with Gasteiger partial charge in [0.2, 0.25) is 5.88 Å². The molecule has 92 valence electrons. The van der Waals surface area contributed by atoms with E-state index in [-0.39, 0.29) is 11.6 Å². The van der Waals surface area contributed by atoms with Crippen molar-refractivity contribution in [2.45, 2.75) is 33.0 Å². The maximum Gasteiger partial charge on any atom is 0.422 e. The van der Waals surface area contributed by atoms with Gasteiger partial charge >= 0.3 is 6.18 Å². The Kier molecular flexibility index (Phi) is 3.66. The second-order valence-electron chi connectivity index (χ2n) is 3.43. The Balaban J connectivity index is 2.84. The van der Waals surface area contributed by atoms with Crippen LogP contribution in [-0.2, 0) is 6.54 Å². The van der Waals surface area contributed by atoms with Crippen LogP contribution in [0.1, 0.15) is 19.0 Å². The van der Waals surface area contributed by atoms with E-state index in [0.29, 0.717) is 12.2 Å². The highest BCUT2D eigenvalue weighted by molar-refractivity contribution is 5.52. The van der Waals surface area contributed by atoms with E-state index in [1.54, 1.807) is 6.92 Å². The molecule has 0 aliphatic heterocycles. The van der Waals surface area contributed by atoms with Crippen LogP contribution in [0.2, 0.25) is 0 Å². The van der Waals surface area contributed by atoms with E-state index in [0.717, 1.165) is 6.42 Å². The van der Waals surface area contributed by atoms with Crippen LogP contribution < -0.4 is 10.5 Å². The van der Waals surface area contributed by atoms with Gasteiger partial charge in [0.05, 0.1) is 5.69 Å². The Hall–Kier alpha value is -1.40. The maximum absolute atomic E-state index is 12.0. The van der Waals surface area contributed by atoms with Crippen molar-refractivity contribution in [3.05, 3.63) is 5.69 Å². The summed E-state index contributed by atoms with van der Waals surface area (Å²) in [5.74, 6) is -0.00308. The maximum atomic E-state index is 12.0. The fraction of sp³-hybridized carbons (Fsp3) is 0.667. The number of aryl methyl sites for hydroxylation is 2. The number of nitrogen functional groups attached to an aromatic ring is 1. The molecule has 0 fully saturated rings. The molecule has 1 aromatic heterocycles. The molecule has 0 spiro atoms. The molecule has 0 aliphatic rings. The summed E-state index contributed by atoms with van der Waals surface area (Å²) in [5.41, 5.74) is 6.23. The van der Waals surface area contributed by atoms with Crippen molar-refractivity contribution in [3.8, 4) is 5.88 Å². The zero-order valence-electron chi connectivity index (χ0n) is 9.14. The number of hydrogen-bond acceptors (Lipinski definition) is 3. The summed E-state index contributed by atoms with van der Waals surface area (Å²) in [6.45, 7) is 2.64. The van der Waals surface area contributed by atoms with E-state index in [9.17, 15) is 13.2 Å². The van der Waals surface area contributed by atoms with E-state index < -0.39 is 12.8 Å². The number of alkyl halides is 3. The van der Waals surface area contributed by atoms with E-state index in [2.05, 4.69) is 9.84 Å². The minimum atomic E-state index is -4.37. The summed E-state index contributed by atoms with van der Waals surface area (Å²) in [4.78, 5) is 0. The number of anilines is 1. The molecule has 7 heteroatoms. The van der Waals surface area contributed by atoms with Crippen LogP contribution in [0.25, 0.3) is 0 Å². The topological polar surface area (TPSA) is 53.1 Å². The molecule has 4 nitrogen and oxygen atoms in total. The van der Waals surface area contributed by atoms with Crippen molar-refractivity contribution in [2.75, 3.05) is 12.3 Å². The van der Waals surface area contributed by atoms with E-state index in [1.165, 1.54) is 4.68 Å². The number of nitrogens with two attached hydrogens (primary N) is 1. The first-order valence-electron chi connectivity index (χ1n) is 4.87. The van der Waals surface area contributed by atoms with Crippen molar-refractivity contribution < 1.29 is 17.9 Å². The van der Waals surface area contributed by atoms with Crippen LogP contribution in [0.15, 0.2) is 0 Å². The van der Waals surface area contributed by atoms with Crippen molar-refractivity contribution in [3.63, 3.8) is 0 Å². The second kappa shape index (κ2) is 4.63. The SMILES string of the molecule is CCCn1nc(C)c(N)c1OCC(F)(F)F. The fourth-order valence-corrected chi connectivity index (χ4v) is 1.24. The van der Waals surface area contributed by atoms with Crippen LogP contribution in [0.5, 0.6) is 5.88 Å². The van der Waals surface area contributed by atoms with Crippen molar-refractivity contribution in [1.82, 2.24) is 9.78 Å². The molecule has 0 radical (unpaired) electrons. The van der Waals surface area contributed by atoms with Gasteiger partial charge in [0.25, 0.3) is 0 Å². The summed E-state index contributed by atoms with van der Waals surface area (Å²) in [7, 11) is 0. The summed E-state index contributed by atoms with van der Waals surface area (Å²) in [6, 6.07) is 0. The highest BCUT2D eigenvalue weighted by Gasteiger charge is 2.30. The third kappa shape index (κ3) is 3.04. The van der Waals surface area contributed by atoms with E-state index >= 15 is 0 Å².